The van der Waals surface area contributed by atoms with Crippen molar-refractivity contribution in [2.45, 2.75) is 17.9 Å². The Hall–Kier alpha value is -0.630. The molecule has 7 heteroatoms. The first-order valence-corrected chi connectivity index (χ1v) is 6.82. The molecule has 1 unspecified atom stereocenters. The molecule has 90 valence electrons. The highest BCUT2D eigenvalue weighted by molar-refractivity contribution is 9.10. The summed E-state index contributed by atoms with van der Waals surface area (Å²) in [7, 11) is -3.62. The molecule has 0 aliphatic carbocycles. The third-order valence-electron chi connectivity index (χ3n) is 1.91. The number of rotatable bonds is 4. The molecule has 0 saturated carbocycles. The predicted molar refractivity (Wildman–Crippen MR) is 65.4 cm³/mol. The van der Waals surface area contributed by atoms with E-state index >= 15 is 0 Å². The van der Waals surface area contributed by atoms with Crippen molar-refractivity contribution in [2.24, 2.45) is 0 Å². The van der Waals surface area contributed by atoms with Crippen molar-refractivity contribution in [1.29, 1.82) is 0 Å². The lowest BCUT2D eigenvalue weighted by atomic mass is 10.3. The number of sulfonamides is 1. The molecule has 0 amide bonds. The number of halogens is 1. The van der Waals surface area contributed by atoms with Gasteiger partial charge in [0.05, 0.1) is 11.5 Å². The van der Waals surface area contributed by atoms with Gasteiger partial charge in [-0.25, -0.2) is 13.1 Å². The van der Waals surface area contributed by atoms with E-state index in [-0.39, 0.29) is 11.5 Å². The SMILES string of the molecule is CC(CO)NS(=O)(=O)c1ccc(Br)c(N)c1. The zero-order chi connectivity index (χ0) is 12.3. The van der Waals surface area contributed by atoms with Crippen LogP contribution < -0.4 is 10.5 Å². The van der Waals surface area contributed by atoms with Crippen LogP contribution in [-0.2, 0) is 10.0 Å². The minimum absolute atomic E-state index is 0.0773. The van der Waals surface area contributed by atoms with Crippen molar-refractivity contribution in [3.63, 3.8) is 0 Å². The average Bonchev–Trinajstić information content (AvgIpc) is 2.21. The van der Waals surface area contributed by atoms with Crippen LogP contribution in [0, 0.1) is 0 Å². The molecule has 1 aromatic carbocycles. The first-order valence-electron chi connectivity index (χ1n) is 4.55. The van der Waals surface area contributed by atoms with Gasteiger partial charge in [-0.1, -0.05) is 0 Å². The highest BCUT2D eigenvalue weighted by Crippen LogP contribution is 2.22. The van der Waals surface area contributed by atoms with Crippen molar-refractivity contribution in [3.05, 3.63) is 22.7 Å². The summed E-state index contributed by atoms with van der Waals surface area (Å²) in [4.78, 5) is 0.0773. The molecule has 0 spiro atoms. The van der Waals surface area contributed by atoms with Crippen LogP contribution in [0.15, 0.2) is 27.6 Å². The molecular weight excluding hydrogens is 296 g/mol. The van der Waals surface area contributed by atoms with Gasteiger partial charge in [0.1, 0.15) is 0 Å². The number of hydrogen-bond donors (Lipinski definition) is 3. The molecule has 0 bridgehead atoms. The highest BCUT2D eigenvalue weighted by Gasteiger charge is 2.17. The van der Waals surface area contributed by atoms with E-state index in [1.807, 2.05) is 0 Å². The molecule has 0 heterocycles. The Morgan fingerprint density at radius 3 is 2.69 bits per heavy atom. The zero-order valence-electron chi connectivity index (χ0n) is 8.64. The van der Waals surface area contributed by atoms with Crippen LogP contribution in [-0.4, -0.2) is 26.2 Å². The maximum absolute atomic E-state index is 11.8. The summed E-state index contributed by atoms with van der Waals surface area (Å²) in [6, 6.07) is 3.83. The Bertz CT molecular complexity index is 476. The number of benzene rings is 1. The molecule has 0 aliphatic heterocycles. The van der Waals surface area contributed by atoms with Gasteiger partial charge in [0.25, 0.3) is 0 Å². The molecule has 1 rings (SSSR count). The molecular formula is C9H13BrN2O3S. The number of aliphatic hydroxyl groups is 1. The van der Waals surface area contributed by atoms with E-state index in [9.17, 15) is 8.42 Å². The number of nitrogens with two attached hydrogens (primary N) is 1. The summed E-state index contributed by atoms with van der Waals surface area (Å²) < 4.78 is 26.5. The van der Waals surface area contributed by atoms with Gasteiger partial charge in [-0.2, -0.15) is 0 Å². The molecule has 0 saturated heterocycles. The van der Waals surface area contributed by atoms with Crippen LogP contribution in [0.5, 0.6) is 0 Å². The molecule has 5 nitrogen and oxygen atoms in total. The van der Waals surface area contributed by atoms with Gasteiger partial charge in [0, 0.05) is 16.2 Å². The lowest BCUT2D eigenvalue weighted by molar-refractivity contribution is 0.265. The Kier molecular flexibility index (Phi) is 4.31. The molecule has 0 radical (unpaired) electrons. The van der Waals surface area contributed by atoms with E-state index in [1.165, 1.54) is 12.1 Å². The maximum Gasteiger partial charge on any atom is 0.240 e. The molecule has 0 aliphatic rings. The van der Waals surface area contributed by atoms with E-state index in [0.717, 1.165) is 0 Å². The number of aliphatic hydroxyl groups excluding tert-OH is 1. The number of nitrogens with one attached hydrogen (secondary N) is 1. The molecule has 0 aromatic heterocycles. The largest absolute Gasteiger partial charge is 0.398 e. The van der Waals surface area contributed by atoms with Crippen LogP contribution >= 0.6 is 15.9 Å². The fraction of sp³-hybridized carbons (Fsp3) is 0.333. The van der Waals surface area contributed by atoms with Crippen molar-refractivity contribution < 1.29 is 13.5 Å². The topological polar surface area (TPSA) is 92.4 Å². The normalized spacial score (nSPS) is 13.7. The van der Waals surface area contributed by atoms with Crippen molar-refractivity contribution in [2.75, 3.05) is 12.3 Å². The van der Waals surface area contributed by atoms with E-state index in [0.29, 0.717) is 10.2 Å². The van der Waals surface area contributed by atoms with Gasteiger partial charge in [0.15, 0.2) is 0 Å². The molecule has 1 atom stereocenters. The average molecular weight is 309 g/mol. The lowest BCUT2D eigenvalue weighted by Gasteiger charge is -2.12. The van der Waals surface area contributed by atoms with Crippen molar-refractivity contribution >= 4 is 31.6 Å². The van der Waals surface area contributed by atoms with Gasteiger partial charge in [0.2, 0.25) is 10.0 Å². The van der Waals surface area contributed by atoms with Crippen LogP contribution in [0.1, 0.15) is 6.92 Å². The number of nitrogen functional groups attached to an aromatic ring is 1. The molecule has 0 fully saturated rings. The van der Waals surface area contributed by atoms with Crippen molar-refractivity contribution in [3.8, 4) is 0 Å². The van der Waals surface area contributed by atoms with E-state index in [2.05, 4.69) is 20.7 Å². The monoisotopic (exact) mass is 308 g/mol. The third kappa shape index (κ3) is 3.18. The van der Waals surface area contributed by atoms with Gasteiger partial charge in [-0.15, -0.1) is 0 Å². The summed E-state index contributed by atoms with van der Waals surface area (Å²) in [5.74, 6) is 0. The standard InChI is InChI=1S/C9H13BrN2O3S/c1-6(5-13)12-16(14,15)7-2-3-8(10)9(11)4-7/h2-4,6,12-13H,5,11H2,1H3. The summed E-state index contributed by atoms with van der Waals surface area (Å²) in [6.07, 6.45) is 0. The Morgan fingerprint density at radius 1 is 1.56 bits per heavy atom. The van der Waals surface area contributed by atoms with E-state index in [1.54, 1.807) is 13.0 Å². The summed E-state index contributed by atoms with van der Waals surface area (Å²) in [5.41, 5.74) is 5.94. The minimum Gasteiger partial charge on any atom is -0.398 e. The van der Waals surface area contributed by atoms with Gasteiger partial charge in [-0.05, 0) is 41.1 Å². The summed E-state index contributed by atoms with van der Waals surface area (Å²) in [6.45, 7) is 1.31. The van der Waals surface area contributed by atoms with Gasteiger partial charge < -0.3 is 10.8 Å². The molecule has 4 N–H and O–H groups in total. The first-order chi connectivity index (χ1) is 7.36. The van der Waals surface area contributed by atoms with Crippen LogP contribution in [0.2, 0.25) is 0 Å². The van der Waals surface area contributed by atoms with Crippen molar-refractivity contribution in [1.82, 2.24) is 4.72 Å². The van der Waals surface area contributed by atoms with Gasteiger partial charge in [-0.3, -0.25) is 0 Å². The smallest absolute Gasteiger partial charge is 0.240 e. The highest BCUT2D eigenvalue weighted by atomic mass is 79.9. The minimum atomic E-state index is -3.62. The second kappa shape index (κ2) is 5.13. The quantitative estimate of drug-likeness (QED) is 0.714. The summed E-state index contributed by atoms with van der Waals surface area (Å²) in [5, 5.41) is 8.78. The summed E-state index contributed by atoms with van der Waals surface area (Å²) >= 11 is 3.18. The lowest BCUT2D eigenvalue weighted by Crippen LogP contribution is -2.35. The number of hydrogen-bond acceptors (Lipinski definition) is 4. The van der Waals surface area contributed by atoms with E-state index < -0.39 is 16.1 Å². The number of anilines is 1. The van der Waals surface area contributed by atoms with Gasteiger partial charge >= 0.3 is 0 Å². The maximum atomic E-state index is 11.8. The zero-order valence-corrected chi connectivity index (χ0v) is 11.0. The van der Waals surface area contributed by atoms with Crippen LogP contribution in [0.25, 0.3) is 0 Å². The fourth-order valence-corrected chi connectivity index (χ4v) is 2.58. The third-order valence-corrected chi connectivity index (χ3v) is 4.22. The van der Waals surface area contributed by atoms with Crippen LogP contribution in [0.4, 0.5) is 5.69 Å². The Labute approximate surface area is 103 Å². The first kappa shape index (κ1) is 13.4. The Morgan fingerprint density at radius 2 is 2.19 bits per heavy atom. The molecule has 1 aromatic rings. The fourth-order valence-electron chi connectivity index (χ4n) is 1.06. The second-order valence-electron chi connectivity index (χ2n) is 3.39. The van der Waals surface area contributed by atoms with Crippen LogP contribution in [0.3, 0.4) is 0 Å². The second-order valence-corrected chi connectivity index (χ2v) is 5.96. The Balaban J connectivity index is 3.03. The van der Waals surface area contributed by atoms with E-state index in [4.69, 9.17) is 10.8 Å². The predicted octanol–water partition coefficient (Wildman–Crippen LogP) is 0.690. The molecule has 16 heavy (non-hydrogen) atoms.